The number of amides is 1. The fourth-order valence-electron chi connectivity index (χ4n) is 3.09. The van der Waals surface area contributed by atoms with Gasteiger partial charge in [0.15, 0.2) is 5.65 Å². The molecule has 0 fully saturated rings. The van der Waals surface area contributed by atoms with Gasteiger partial charge in [0.05, 0.1) is 5.69 Å². The summed E-state index contributed by atoms with van der Waals surface area (Å²) in [4.78, 5) is 20.5. The number of primary amides is 1. The van der Waals surface area contributed by atoms with Crippen LogP contribution in [-0.2, 0) is 6.42 Å². The molecule has 0 aliphatic heterocycles. The van der Waals surface area contributed by atoms with Crippen LogP contribution in [0.1, 0.15) is 21.5 Å². The molecule has 2 N–H and O–H groups in total. The smallest absolute Gasteiger partial charge is 0.249 e. The van der Waals surface area contributed by atoms with E-state index in [1.165, 1.54) is 18.5 Å². The predicted molar refractivity (Wildman–Crippen MR) is 96.6 cm³/mol. The highest BCUT2D eigenvalue weighted by Crippen LogP contribution is 2.27. The van der Waals surface area contributed by atoms with Crippen LogP contribution < -0.4 is 5.73 Å². The summed E-state index contributed by atoms with van der Waals surface area (Å²) in [7, 11) is 0. The Morgan fingerprint density at radius 1 is 1.04 bits per heavy atom. The Hall–Kier alpha value is -3.54. The van der Waals surface area contributed by atoms with Crippen molar-refractivity contribution in [3.8, 4) is 5.69 Å². The van der Waals surface area contributed by atoms with Crippen LogP contribution in [0.3, 0.4) is 0 Å². The van der Waals surface area contributed by atoms with Crippen molar-refractivity contribution in [2.24, 2.45) is 5.73 Å². The van der Waals surface area contributed by atoms with Crippen LogP contribution in [-0.4, -0.2) is 20.4 Å². The van der Waals surface area contributed by atoms with E-state index in [1.807, 2.05) is 30.3 Å². The third-order valence-electron chi connectivity index (χ3n) is 4.27. The number of hydrogen-bond acceptors (Lipinski definition) is 3. The molecule has 4 aromatic rings. The van der Waals surface area contributed by atoms with Gasteiger partial charge in [-0.25, -0.2) is 14.4 Å². The Labute approximate surface area is 148 Å². The Balaban J connectivity index is 1.99. The van der Waals surface area contributed by atoms with Crippen molar-refractivity contribution in [1.82, 2.24) is 14.5 Å². The largest absolute Gasteiger partial charge is 0.366 e. The van der Waals surface area contributed by atoms with Crippen molar-refractivity contribution >= 4 is 17.1 Å². The Kier molecular flexibility index (Phi) is 3.93. The minimum atomic E-state index is -0.602. The molecule has 0 aliphatic carbocycles. The first kappa shape index (κ1) is 16.0. The Morgan fingerprint density at radius 2 is 1.85 bits per heavy atom. The standard InChI is InChI=1S/C20H15FN4O/c21-16-9-8-14(19(22)26)15(11-13-5-2-1-3-6-13)18(16)25-12-24-17-7-4-10-23-20(17)25/h1-10,12H,11H2,(H2,22,26). The van der Waals surface area contributed by atoms with Crippen LogP contribution in [0.2, 0.25) is 0 Å². The molecule has 0 aliphatic rings. The van der Waals surface area contributed by atoms with E-state index in [-0.39, 0.29) is 11.3 Å². The quantitative estimate of drug-likeness (QED) is 0.616. The second-order valence-corrected chi connectivity index (χ2v) is 5.91. The van der Waals surface area contributed by atoms with Crippen molar-refractivity contribution in [3.05, 3.63) is 89.6 Å². The number of carbonyl (C=O) groups excluding carboxylic acids is 1. The van der Waals surface area contributed by atoms with Gasteiger partial charge >= 0.3 is 0 Å². The fourth-order valence-corrected chi connectivity index (χ4v) is 3.09. The van der Waals surface area contributed by atoms with E-state index in [1.54, 1.807) is 22.9 Å². The van der Waals surface area contributed by atoms with Gasteiger partial charge in [0.1, 0.15) is 17.7 Å². The SMILES string of the molecule is NC(=O)c1ccc(F)c(-n2cnc3cccnc32)c1Cc1ccccc1. The van der Waals surface area contributed by atoms with E-state index in [2.05, 4.69) is 9.97 Å². The molecule has 0 radical (unpaired) electrons. The predicted octanol–water partition coefficient (Wildman–Crippen LogP) is 3.25. The van der Waals surface area contributed by atoms with Gasteiger partial charge in [0.25, 0.3) is 0 Å². The van der Waals surface area contributed by atoms with Crippen LogP contribution in [0.25, 0.3) is 16.9 Å². The van der Waals surface area contributed by atoms with Gasteiger partial charge in [-0.3, -0.25) is 9.36 Å². The highest BCUT2D eigenvalue weighted by atomic mass is 19.1. The van der Waals surface area contributed by atoms with Crippen molar-refractivity contribution in [3.63, 3.8) is 0 Å². The summed E-state index contributed by atoms with van der Waals surface area (Å²) < 4.78 is 16.4. The zero-order chi connectivity index (χ0) is 18.1. The summed E-state index contributed by atoms with van der Waals surface area (Å²) in [6, 6.07) is 15.8. The lowest BCUT2D eigenvalue weighted by molar-refractivity contribution is 0.0999. The lowest BCUT2D eigenvalue weighted by atomic mass is 9.97. The number of hydrogen-bond donors (Lipinski definition) is 1. The topological polar surface area (TPSA) is 73.8 Å². The van der Waals surface area contributed by atoms with Crippen molar-refractivity contribution < 1.29 is 9.18 Å². The zero-order valence-corrected chi connectivity index (χ0v) is 13.8. The average molecular weight is 346 g/mol. The van der Waals surface area contributed by atoms with Crippen LogP contribution in [0.15, 0.2) is 67.1 Å². The number of aromatic nitrogens is 3. The third-order valence-corrected chi connectivity index (χ3v) is 4.27. The summed E-state index contributed by atoms with van der Waals surface area (Å²) in [5.74, 6) is -1.07. The molecule has 0 unspecified atom stereocenters. The first-order chi connectivity index (χ1) is 12.6. The fraction of sp³-hybridized carbons (Fsp3) is 0.0500. The van der Waals surface area contributed by atoms with Gasteiger partial charge in [-0.1, -0.05) is 30.3 Å². The number of carbonyl (C=O) groups is 1. The monoisotopic (exact) mass is 346 g/mol. The minimum absolute atomic E-state index is 0.242. The minimum Gasteiger partial charge on any atom is -0.366 e. The number of benzene rings is 2. The molecule has 4 rings (SSSR count). The van der Waals surface area contributed by atoms with Gasteiger partial charge in [-0.15, -0.1) is 0 Å². The lowest BCUT2D eigenvalue weighted by Gasteiger charge is -2.15. The van der Waals surface area contributed by atoms with E-state index in [9.17, 15) is 9.18 Å². The molecule has 26 heavy (non-hydrogen) atoms. The van der Waals surface area contributed by atoms with Crippen LogP contribution in [0, 0.1) is 5.82 Å². The normalized spacial score (nSPS) is 11.0. The number of rotatable bonds is 4. The highest BCUT2D eigenvalue weighted by molar-refractivity contribution is 5.95. The van der Waals surface area contributed by atoms with E-state index in [4.69, 9.17) is 5.73 Å². The molecule has 1 amide bonds. The molecule has 6 heteroatoms. The second kappa shape index (κ2) is 6.40. The molecule has 0 spiro atoms. The number of pyridine rings is 1. The first-order valence-electron chi connectivity index (χ1n) is 8.08. The van der Waals surface area contributed by atoms with Crippen LogP contribution >= 0.6 is 0 Å². The maximum atomic E-state index is 14.9. The van der Waals surface area contributed by atoms with Crippen molar-refractivity contribution in [2.75, 3.05) is 0 Å². The van der Waals surface area contributed by atoms with Gasteiger partial charge in [0.2, 0.25) is 5.91 Å². The molecule has 2 aromatic carbocycles. The second-order valence-electron chi connectivity index (χ2n) is 5.91. The molecule has 2 aromatic heterocycles. The lowest BCUT2D eigenvalue weighted by Crippen LogP contribution is -2.17. The average Bonchev–Trinajstić information content (AvgIpc) is 3.06. The maximum absolute atomic E-state index is 14.9. The summed E-state index contributed by atoms with van der Waals surface area (Å²) in [5, 5.41) is 0. The summed E-state index contributed by atoms with van der Waals surface area (Å²) in [6.45, 7) is 0. The zero-order valence-electron chi connectivity index (χ0n) is 13.8. The van der Waals surface area contributed by atoms with Crippen LogP contribution in [0.4, 0.5) is 4.39 Å². The highest BCUT2D eigenvalue weighted by Gasteiger charge is 2.20. The van der Waals surface area contributed by atoms with E-state index < -0.39 is 11.7 Å². The molecule has 0 atom stereocenters. The van der Waals surface area contributed by atoms with Crippen molar-refractivity contribution in [2.45, 2.75) is 6.42 Å². The van der Waals surface area contributed by atoms with Gasteiger partial charge in [-0.2, -0.15) is 0 Å². The van der Waals surface area contributed by atoms with Crippen LogP contribution in [0.5, 0.6) is 0 Å². The Morgan fingerprint density at radius 3 is 2.62 bits per heavy atom. The first-order valence-corrected chi connectivity index (χ1v) is 8.08. The molecule has 0 saturated carbocycles. The van der Waals surface area contributed by atoms with Gasteiger partial charge < -0.3 is 5.73 Å². The Bertz CT molecular complexity index is 1110. The third kappa shape index (κ3) is 2.71. The summed E-state index contributed by atoms with van der Waals surface area (Å²) in [5.41, 5.74) is 8.68. The molecular weight excluding hydrogens is 331 g/mol. The molecule has 128 valence electrons. The number of imidazole rings is 1. The molecule has 2 heterocycles. The number of nitrogens with two attached hydrogens (primary N) is 1. The molecular formula is C20H15FN4O. The van der Waals surface area contributed by atoms with E-state index in [0.717, 1.165) is 5.56 Å². The van der Waals surface area contributed by atoms with E-state index >= 15 is 0 Å². The summed E-state index contributed by atoms with van der Waals surface area (Å²) in [6.07, 6.45) is 3.49. The van der Waals surface area contributed by atoms with E-state index in [0.29, 0.717) is 23.1 Å². The number of fused-ring (bicyclic) bond motifs is 1. The maximum Gasteiger partial charge on any atom is 0.249 e. The molecule has 0 bridgehead atoms. The number of halogens is 1. The summed E-state index contributed by atoms with van der Waals surface area (Å²) >= 11 is 0. The van der Waals surface area contributed by atoms with Crippen molar-refractivity contribution in [1.29, 1.82) is 0 Å². The van der Waals surface area contributed by atoms with Gasteiger partial charge in [0, 0.05) is 18.2 Å². The molecule has 0 saturated heterocycles. The number of nitrogens with zero attached hydrogens (tertiary/aromatic N) is 3. The van der Waals surface area contributed by atoms with Gasteiger partial charge in [-0.05, 0) is 35.4 Å². The molecule has 5 nitrogen and oxygen atoms in total.